The first-order chi connectivity index (χ1) is 13.5. The van der Waals surface area contributed by atoms with Gasteiger partial charge in [-0.25, -0.2) is 4.57 Å². The van der Waals surface area contributed by atoms with Crippen LogP contribution in [0.5, 0.6) is 0 Å². The molecule has 1 unspecified atom stereocenters. The van der Waals surface area contributed by atoms with Crippen molar-refractivity contribution in [2.45, 2.75) is 11.0 Å². The number of anilines is 1. The lowest BCUT2D eigenvalue weighted by Crippen LogP contribution is -2.26. The summed E-state index contributed by atoms with van der Waals surface area (Å²) in [7, 11) is 1.92. The van der Waals surface area contributed by atoms with E-state index in [0.717, 1.165) is 10.5 Å². The van der Waals surface area contributed by atoms with Gasteiger partial charge in [-0.05, 0) is 34.9 Å². The van der Waals surface area contributed by atoms with Crippen LogP contribution in [0.4, 0.5) is 5.69 Å². The number of allylic oxidation sites excluding steroid dienone is 1. The molecule has 1 heterocycles. The minimum atomic E-state index is -0.792. The monoisotopic (exact) mass is 389 g/mol. The fraction of sp³-hybridized carbons (Fsp3) is 0.0909. The third-order valence-electron chi connectivity index (χ3n) is 4.31. The van der Waals surface area contributed by atoms with E-state index in [1.54, 1.807) is 12.1 Å². The smallest absolute Gasteiger partial charge is 0.168 e. The number of benzene rings is 2. The largest absolute Gasteiger partial charge is 0.398 e. The van der Waals surface area contributed by atoms with Crippen LogP contribution in [0, 0.1) is 11.3 Å². The third kappa shape index (κ3) is 4.34. The molecule has 5 nitrogen and oxygen atoms in total. The highest BCUT2D eigenvalue weighted by Crippen LogP contribution is 2.33. The van der Waals surface area contributed by atoms with Crippen molar-refractivity contribution in [1.82, 2.24) is 0 Å². The number of nitrogen functional groups attached to an aromatic ring is 1. The second-order valence-electron chi connectivity index (χ2n) is 6.32. The number of nitrogens with zero attached hydrogens (tertiary/aromatic N) is 2. The molecule has 1 aromatic heterocycles. The van der Waals surface area contributed by atoms with Crippen molar-refractivity contribution in [3.05, 3.63) is 94.8 Å². The molecule has 0 amide bonds. The molecular formula is C22H21N4OS+. The summed E-state index contributed by atoms with van der Waals surface area (Å²) in [5.74, 6) is 0. The molecule has 1 atom stereocenters. The van der Waals surface area contributed by atoms with E-state index in [2.05, 4.69) is 6.07 Å². The topological polar surface area (TPSA) is 99.9 Å². The predicted octanol–water partition coefficient (Wildman–Crippen LogP) is 3.12. The van der Waals surface area contributed by atoms with Gasteiger partial charge in [0.25, 0.3) is 0 Å². The minimum absolute atomic E-state index is 0.349. The van der Waals surface area contributed by atoms with Crippen LogP contribution in [0.15, 0.2) is 83.0 Å². The molecule has 140 valence electrons. The number of nitrogens with two attached hydrogens (primary N) is 2. The van der Waals surface area contributed by atoms with Gasteiger partial charge >= 0.3 is 0 Å². The number of pyridine rings is 1. The van der Waals surface area contributed by atoms with Gasteiger partial charge in [-0.1, -0.05) is 42.1 Å². The van der Waals surface area contributed by atoms with Crippen LogP contribution in [0.2, 0.25) is 0 Å². The number of para-hydroxylation sites is 1. The maximum absolute atomic E-state index is 10.7. The fourth-order valence-corrected chi connectivity index (χ4v) is 3.59. The standard InChI is InChI=1S/C22H21N4OS/c1-26-11-9-15(10-12-26)21(27)17-6-4-5-16(13-17)18(14-23)22(25)28-20-8-3-2-7-19(20)24/h2-13,21,27H,24-25H2,1H3/q+1/b22-18+. The summed E-state index contributed by atoms with van der Waals surface area (Å²) in [5, 5.41) is 20.7. The minimum Gasteiger partial charge on any atom is -0.398 e. The molecule has 0 aliphatic heterocycles. The van der Waals surface area contributed by atoms with Gasteiger partial charge in [-0.15, -0.1) is 0 Å². The zero-order valence-corrected chi connectivity index (χ0v) is 16.2. The molecule has 0 aliphatic rings. The number of hydrogen-bond donors (Lipinski definition) is 3. The average Bonchev–Trinajstić information content (AvgIpc) is 2.70. The molecule has 6 heteroatoms. The van der Waals surface area contributed by atoms with Crippen LogP contribution in [-0.4, -0.2) is 5.11 Å². The van der Waals surface area contributed by atoms with Crippen LogP contribution >= 0.6 is 11.8 Å². The summed E-state index contributed by atoms with van der Waals surface area (Å²) in [6.07, 6.45) is 2.96. The van der Waals surface area contributed by atoms with E-state index in [9.17, 15) is 10.4 Å². The van der Waals surface area contributed by atoms with Gasteiger partial charge in [0.05, 0.1) is 10.6 Å². The first-order valence-electron chi connectivity index (χ1n) is 8.65. The quantitative estimate of drug-likeness (QED) is 0.269. The highest BCUT2D eigenvalue weighted by atomic mass is 32.2. The zero-order chi connectivity index (χ0) is 20.1. The Morgan fingerprint density at radius 2 is 1.79 bits per heavy atom. The second-order valence-corrected chi connectivity index (χ2v) is 7.40. The number of hydrogen-bond acceptors (Lipinski definition) is 5. The number of nitriles is 1. The molecule has 0 fully saturated rings. The van der Waals surface area contributed by atoms with Gasteiger partial charge in [0, 0.05) is 22.7 Å². The zero-order valence-electron chi connectivity index (χ0n) is 15.4. The SMILES string of the molecule is C[n+]1ccc(C(O)c2cccc(/C(C#N)=C(\N)Sc3ccccc3N)c2)cc1. The lowest BCUT2D eigenvalue weighted by atomic mass is 9.98. The Morgan fingerprint density at radius 1 is 1.07 bits per heavy atom. The van der Waals surface area contributed by atoms with Crippen molar-refractivity contribution in [3.8, 4) is 6.07 Å². The number of thioether (sulfide) groups is 1. The second kappa shape index (κ2) is 8.61. The first-order valence-corrected chi connectivity index (χ1v) is 9.47. The first kappa shape index (κ1) is 19.5. The molecular weight excluding hydrogens is 368 g/mol. The maximum Gasteiger partial charge on any atom is 0.168 e. The van der Waals surface area contributed by atoms with E-state index in [-0.39, 0.29) is 0 Å². The van der Waals surface area contributed by atoms with Gasteiger partial charge in [0.15, 0.2) is 12.4 Å². The Bertz CT molecular complexity index is 1050. The van der Waals surface area contributed by atoms with Gasteiger partial charge in [0.2, 0.25) is 0 Å². The van der Waals surface area contributed by atoms with Crippen LogP contribution in [0.3, 0.4) is 0 Å². The molecule has 0 saturated carbocycles. The van der Waals surface area contributed by atoms with E-state index in [4.69, 9.17) is 11.5 Å². The number of aromatic nitrogens is 1. The Kier molecular flexibility index (Phi) is 5.99. The molecule has 2 aromatic carbocycles. The third-order valence-corrected chi connectivity index (χ3v) is 5.32. The van der Waals surface area contributed by atoms with Crippen LogP contribution in [-0.2, 0) is 7.05 Å². The van der Waals surface area contributed by atoms with Crippen molar-refractivity contribution in [3.63, 3.8) is 0 Å². The van der Waals surface area contributed by atoms with Crippen molar-refractivity contribution >= 4 is 23.0 Å². The van der Waals surface area contributed by atoms with Gasteiger partial charge in [-0.3, -0.25) is 0 Å². The highest BCUT2D eigenvalue weighted by molar-refractivity contribution is 8.03. The Morgan fingerprint density at radius 3 is 2.46 bits per heavy atom. The van der Waals surface area contributed by atoms with E-state index in [0.29, 0.717) is 27.4 Å². The van der Waals surface area contributed by atoms with E-state index in [1.165, 1.54) is 11.8 Å². The number of rotatable bonds is 5. The maximum atomic E-state index is 10.7. The molecule has 28 heavy (non-hydrogen) atoms. The Labute approximate surface area is 168 Å². The van der Waals surface area contributed by atoms with Crippen molar-refractivity contribution < 1.29 is 9.67 Å². The summed E-state index contributed by atoms with van der Waals surface area (Å²) >= 11 is 1.25. The Hall–Kier alpha value is -3.27. The molecule has 0 saturated heterocycles. The molecule has 0 radical (unpaired) electrons. The number of aryl methyl sites for hydroxylation is 1. The number of aliphatic hydroxyl groups excluding tert-OH is 1. The summed E-state index contributed by atoms with van der Waals surface area (Å²) in [5.41, 5.74) is 15.3. The Balaban J connectivity index is 1.93. The van der Waals surface area contributed by atoms with Gasteiger partial charge in [0.1, 0.15) is 19.2 Å². The van der Waals surface area contributed by atoms with Crippen LogP contribution < -0.4 is 16.0 Å². The van der Waals surface area contributed by atoms with Crippen molar-refractivity contribution in [1.29, 1.82) is 5.26 Å². The van der Waals surface area contributed by atoms with Gasteiger partial charge < -0.3 is 16.6 Å². The lowest BCUT2D eigenvalue weighted by molar-refractivity contribution is -0.671. The van der Waals surface area contributed by atoms with Crippen LogP contribution in [0.25, 0.3) is 5.57 Å². The van der Waals surface area contributed by atoms with Crippen molar-refractivity contribution in [2.75, 3.05) is 5.73 Å². The average molecular weight is 390 g/mol. The molecule has 0 bridgehead atoms. The summed E-state index contributed by atoms with van der Waals surface area (Å²) in [6, 6.07) is 20.5. The normalized spacial score (nSPS) is 12.8. The van der Waals surface area contributed by atoms with Crippen LogP contribution in [0.1, 0.15) is 22.8 Å². The summed E-state index contributed by atoms with van der Waals surface area (Å²) in [4.78, 5) is 0.793. The summed E-state index contributed by atoms with van der Waals surface area (Å²) < 4.78 is 1.90. The van der Waals surface area contributed by atoms with E-state index in [1.807, 2.05) is 72.5 Å². The van der Waals surface area contributed by atoms with Gasteiger partial charge in [-0.2, -0.15) is 5.26 Å². The summed E-state index contributed by atoms with van der Waals surface area (Å²) in [6.45, 7) is 0. The molecule has 0 aliphatic carbocycles. The van der Waals surface area contributed by atoms with Crippen molar-refractivity contribution in [2.24, 2.45) is 12.8 Å². The molecule has 3 rings (SSSR count). The molecule has 5 N–H and O–H groups in total. The highest BCUT2D eigenvalue weighted by Gasteiger charge is 2.15. The fourth-order valence-electron chi connectivity index (χ4n) is 2.76. The predicted molar refractivity (Wildman–Crippen MR) is 112 cm³/mol. The molecule has 0 spiro atoms. The van der Waals surface area contributed by atoms with E-state index < -0.39 is 6.10 Å². The number of aliphatic hydroxyl groups is 1. The molecule has 3 aromatic rings. The lowest BCUT2D eigenvalue weighted by Gasteiger charge is -2.13. The van der Waals surface area contributed by atoms with E-state index >= 15 is 0 Å².